The topological polar surface area (TPSA) is 110 Å². The summed E-state index contributed by atoms with van der Waals surface area (Å²) in [6, 6.07) is 8.12. The fourth-order valence-corrected chi connectivity index (χ4v) is 4.54. The Bertz CT molecular complexity index is 1430. The van der Waals surface area contributed by atoms with Gasteiger partial charge in [0, 0.05) is 29.8 Å². The maximum absolute atomic E-state index is 12.9. The summed E-state index contributed by atoms with van der Waals surface area (Å²) in [6.07, 6.45) is -0.0906. The Hall–Kier alpha value is -3.70. The Balaban J connectivity index is 1.46. The number of anilines is 2. The number of nitrogens with two attached hydrogens (primary N) is 1. The number of benzene rings is 1. The highest BCUT2D eigenvalue weighted by Gasteiger charge is 2.31. The Labute approximate surface area is 208 Å². The van der Waals surface area contributed by atoms with Gasteiger partial charge in [-0.2, -0.15) is 13.2 Å². The van der Waals surface area contributed by atoms with Crippen molar-refractivity contribution in [1.82, 2.24) is 24.7 Å². The van der Waals surface area contributed by atoms with Crippen molar-refractivity contribution in [3.05, 3.63) is 70.9 Å². The quantitative estimate of drug-likeness (QED) is 0.361. The summed E-state index contributed by atoms with van der Waals surface area (Å²) in [6.45, 7) is 1.71. The number of halogens is 4. The number of carbonyl (C=O) groups is 1. The fraction of sp³-hybridized carbons (Fsp3) is 0.250. The molecule has 4 aromatic rings. The Morgan fingerprint density at radius 2 is 1.97 bits per heavy atom. The molecule has 4 N–H and O–H groups in total. The van der Waals surface area contributed by atoms with Crippen LogP contribution in [0.25, 0.3) is 16.8 Å². The van der Waals surface area contributed by atoms with E-state index < -0.39 is 17.6 Å². The molecule has 1 aromatic carbocycles. The number of nitrogens with zero attached hydrogens (tertiary/aromatic N) is 4. The zero-order chi connectivity index (χ0) is 25.4. The zero-order valence-electron chi connectivity index (χ0n) is 18.8. The average Bonchev–Trinajstić information content (AvgIpc) is 3.29. The smallest absolute Gasteiger partial charge is 0.382 e. The van der Waals surface area contributed by atoms with E-state index in [-0.39, 0.29) is 23.1 Å². The lowest BCUT2D eigenvalue weighted by molar-refractivity contribution is -0.137. The summed E-state index contributed by atoms with van der Waals surface area (Å²) in [7, 11) is 0. The maximum atomic E-state index is 12.9. The average molecular weight is 516 g/mol. The second-order valence-corrected chi connectivity index (χ2v) is 8.86. The highest BCUT2D eigenvalue weighted by atomic mass is 35.5. The monoisotopic (exact) mass is 515 g/mol. The summed E-state index contributed by atoms with van der Waals surface area (Å²) in [5.41, 5.74) is 7.40. The van der Waals surface area contributed by atoms with Crippen molar-refractivity contribution in [3.8, 4) is 11.3 Å². The fourth-order valence-electron chi connectivity index (χ4n) is 4.32. The van der Waals surface area contributed by atoms with Crippen LogP contribution in [0.4, 0.5) is 24.8 Å². The van der Waals surface area contributed by atoms with Crippen molar-refractivity contribution in [3.63, 3.8) is 0 Å². The molecule has 36 heavy (non-hydrogen) atoms. The van der Waals surface area contributed by atoms with Crippen LogP contribution in [0.2, 0.25) is 5.15 Å². The van der Waals surface area contributed by atoms with E-state index in [1.165, 1.54) is 6.20 Å². The van der Waals surface area contributed by atoms with Crippen LogP contribution in [0, 0.1) is 0 Å². The standard InChI is InChI=1S/C24H21ClF3N7O/c25-17-12-32-21(29)20-19(34-22(35(17)20)15-2-1-8-30-11-15)13-3-5-14(6-4-13)23(36)33-18-10-16(7-9-31-18)24(26,27)28/h3-7,9-10,12,15,30H,1-2,8,11H2,(H2,29,32)(H,31,33,36)/t15-/m1/s1. The van der Waals surface area contributed by atoms with Crippen molar-refractivity contribution < 1.29 is 18.0 Å². The first-order valence-electron chi connectivity index (χ1n) is 11.2. The molecule has 0 unspecified atom stereocenters. The molecular weight excluding hydrogens is 495 g/mol. The Morgan fingerprint density at radius 3 is 2.67 bits per heavy atom. The van der Waals surface area contributed by atoms with Crippen LogP contribution in [-0.4, -0.2) is 38.3 Å². The molecule has 0 radical (unpaired) electrons. The molecule has 5 rings (SSSR count). The molecule has 186 valence electrons. The van der Waals surface area contributed by atoms with Gasteiger partial charge in [-0.3, -0.25) is 9.20 Å². The van der Waals surface area contributed by atoms with Gasteiger partial charge in [-0.25, -0.2) is 15.0 Å². The lowest BCUT2D eigenvalue weighted by Crippen LogP contribution is -2.29. The molecule has 1 fully saturated rings. The van der Waals surface area contributed by atoms with Crippen molar-refractivity contribution >= 4 is 34.7 Å². The predicted molar refractivity (Wildman–Crippen MR) is 130 cm³/mol. The Morgan fingerprint density at radius 1 is 1.19 bits per heavy atom. The van der Waals surface area contributed by atoms with Gasteiger partial charge in [0.15, 0.2) is 0 Å². The van der Waals surface area contributed by atoms with E-state index in [0.29, 0.717) is 21.9 Å². The number of hydrogen-bond donors (Lipinski definition) is 3. The van der Waals surface area contributed by atoms with Crippen molar-refractivity contribution in [1.29, 1.82) is 0 Å². The summed E-state index contributed by atoms with van der Waals surface area (Å²) in [4.78, 5) is 25.5. The number of hydrogen-bond acceptors (Lipinski definition) is 6. The second-order valence-electron chi connectivity index (χ2n) is 8.47. The van der Waals surface area contributed by atoms with E-state index in [9.17, 15) is 18.0 Å². The molecule has 0 aliphatic carbocycles. The van der Waals surface area contributed by atoms with Gasteiger partial charge < -0.3 is 16.4 Å². The SMILES string of the molecule is Nc1ncc(Cl)n2c([C@@H]3CCCNC3)nc(-c3ccc(C(=O)Nc4cc(C(F)(F)F)ccn4)cc3)c12. The highest BCUT2D eigenvalue weighted by molar-refractivity contribution is 6.30. The minimum absolute atomic E-state index is 0.143. The molecule has 4 heterocycles. The van der Waals surface area contributed by atoms with Crippen LogP contribution in [0.15, 0.2) is 48.8 Å². The normalized spacial score (nSPS) is 16.3. The Kier molecular flexibility index (Phi) is 6.27. The summed E-state index contributed by atoms with van der Waals surface area (Å²) < 4.78 is 40.7. The summed E-state index contributed by atoms with van der Waals surface area (Å²) in [5.74, 6) is 0.405. The molecule has 12 heteroatoms. The molecule has 3 aromatic heterocycles. The second kappa shape index (κ2) is 9.40. The molecule has 1 saturated heterocycles. The predicted octanol–water partition coefficient (Wildman–Crippen LogP) is 4.77. The number of alkyl halides is 3. The summed E-state index contributed by atoms with van der Waals surface area (Å²) in [5, 5.41) is 6.17. The van der Waals surface area contributed by atoms with Gasteiger partial charge in [0.25, 0.3) is 5.91 Å². The van der Waals surface area contributed by atoms with Crippen LogP contribution in [0.1, 0.15) is 40.5 Å². The minimum Gasteiger partial charge on any atom is -0.382 e. The minimum atomic E-state index is -4.54. The maximum Gasteiger partial charge on any atom is 0.416 e. The molecule has 0 spiro atoms. The third kappa shape index (κ3) is 4.59. The van der Waals surface area contributed by atoms with Gasteiger partial charge in [-0.1, -0.05) is 23.7 Å². The molecular formula is C24H21ClF3N7O. The number of amides is 1. The van der Waals surface area contributed by atoms with Crippen LogP contribution < -0.4 is 16.4 Å². The van der Waals surface area contributed by atoms with Crippen molar-refractivity contribution in [2.45, 2.75) is 24.9 Å². The van der Waals surface area contributed by atoms with E-state index in [2.05, 4.69) is 20.6 Å². The van der Waals surface area contributed by atoms with E-state index in [0.717, 1.165) is 50.1 Å². The van der Waals surface area contributed by atoms with Crippen LogP contribution in [0.3, 0.4) is 0 Å². The molecule has 0 bridgehead atoms. The number of fused-ring (bicyclic) bond motifs is 1. The largest absolute Gasteiger partial charge is 0.416 e. The number of nitrogens with one attached hydrogen (secondary N) is 2. The third-order valence-electron chi connectivity index (χ3n) is 6.08. The molecule has 1 aliphatic rings. The van der Waals surface area contributed by atoms with Gasteiger partial charge >= 0.3 is 6.18 Å². The first-order chi connectivity index (χ1) is 17.2. The van der Waals surface area contributed by atoms with Gasteiger partial charge in [0.05, 0.1) is 11.8 Å². The number of aromatic nitrogens is 4. The summed E-state index contributed by atoms with van der Waals surface area (Å²) >= 11 is 6.49. The lowest BCUT2D eigenvalue weighted by atomic mass is 9.99. The first-order valence-corrected chi connectivity index (χ1v) is 11.6. The van der Waals surface area contributed by atoms with Crippen LogP contribution in [0.5, 0.6) is 0 Å². The van der Waals surface area contributed by atoms with Crippen molar-refractivity contribution in [2.24, 2.45) is 0 Å². The zero-order valence-corrected chi connectivity index (χ0v) is 19.6. The molecule has 1 aliphatic heterocycles. The van der Waals surface area contributed by atoms with Crippen molar-refractivity contribution in [2.75, 3.05) is 24.1 Å². The van der Waals surface area contributed by atoms with E-state index in [1.807, 2.05) is 4.40 Å². The van der Waals surface area contributed by atoms with Gasteiger partial charge in [0.2, 0.25) is 0 Å². The third-order valence-corrected chi connectivity index (χ3v) is 6.35. The molecule has 8 nitrogen and oxygen atoms in total. The van der Waals surface area contributed by atoms with Gasteiger partial charge in [-0.05, 0) is 43.7 Å². The van der Waals surface area contributed by atoms with Gasteiger partial charge in [0.1, 0.15) is 33.8 Å². The number of piperidine rings is 1. The van der Waals surface area contributed by atoms with E-state index >= 15 is 0 Å². The number of carbonyl (C=O) groups excluding carboxylic acids is 1. The number of imidazole rings is 1. The first kappa shape index (κ1) is 24.0. The van der Waals surface area contributed by atoms with Gasteiger partial charge in [-0.15, -0.1) is 0 Å². The van der Waals surface area contributed by atoms with Crippen LogP contribution >= 0.6 is 11.6 Å². The molecule has 1 atom stereocenters. The number of nitrogen functional groups attached to an aromatic ring is 1. The highest BCUT2D eigenvalue weighted by Crippen LogP contribution is 2.35. The molecule has 1 amide bonds. The number of pyridine rings is 1. The molecule has 0 saturated carbocycles. The number of rotatable bonds is 4. The van der Waals surface area contributed by atoms with E-state index in [1.54, 1.807) is 24.3 Å². The van der Waals surface area contributed by atoms with Crippen LogP contribution in [-0.2, 0) is 6.18 Å². The van der Waals surface area contributed by atoms with E-state index in [4.69, 9.17) is 22.3 Å². The lowest BCUT2D eigenvalue weighted by Gasteiger charge is -2.22.